The first-order valence-electron chi connectivity index (χ1n) is 6.52. The largest absolute Gasteiger partial charge is 0.336 e. The summed E-state index contributed by atoms with van der Waals surface area (Å²) >= 11 is 0. The van der Waals surface area contributed by atoms with Crippen molar-refractivity contribution in [1.82, 2.24) is 9.30 Å². The summed E-state index contributed by atoms with van der Waals surface area (Å²) in [6.07, 6.45) is 3.65. The van der Waals surface area contributed by atoms with Crippen LogP contribution in [0.15, 0.2) is 30.6 Å². The van der Waals surface area contributed by atoms with Gasteiger partial charge in [-0.25, -0.2) is 4.39 Å². The molecule has 20 heavy (non-hydrogen) atoms. The topological polar surface area (TPSA) is 41.8 Å². The third-order valence-corrected chi connectivity index (χ3v) is 3.55. The minimum absolute atomic E-state index is 0.116. The van der Waals surface area contributed by atoms with E-state index >= 15 is 0 Å². The molecule has 0 saturated carbocycles. The van der Waals surface area contributed by atoms with E-state index in [2.05, 4.69) is 0 Å². The number of rotatable bonds is 4. The lowest BCUT2D eigenvalue weighted by atomic mass is 10.1. The molecule has 106 valence electrons. The second-order valence-electron chi connectivity index (χ2n) is 4.74. The Kier molecular flexibility index (Phi) is 3.88. The van der Waals surface area contributed by atoms with E-state index in [0.29, 0.717) is 12.0 Å². The van der Waals surface area contributed by atoms with Crippen LogP contribution in [0.3, 0.4) is 0 Å². The second-order valence-corrected chi connectivity index (χ2v) is 4.74. The van der Waals surface area contributed by atoms with Gasteiger partial charge in [-0.2, -0.15) is 0 Å². The molecule has 4 nitrogen and oxygen atoms in total. The Hall–Kier alpha value is -2.17. The van der Waals surface area contributed by atoms with Gasteiger partial charge in [-0.05, 0) is 25.1 Å². The number of halogens is 1. The van der Waals surface area contributed by atoms with Crippen molar-refractivity contribution in [2.75, 3.05) is 7.05 Å². The molecule has 1 atom stereocenters. The smallest absolute Gasteiger partial charge is 0.222 e. The molecule has 0 fully saturated rings. The van der Waals surface area contributed by atoms with Crippen molar-refractivity contribution in [3.63, 3.8) is 0 Å². The van der Waals surface area contributed by atoms with Gasteiger partial charge in [0.25, 0.3) is 0 Å². The predicted molar refractivity (Wildman–Crippen MR) is 74.2 cm³/mol. The number of carbonyl (C=O) groups is 2. The van der Waals surface area contributed by atoms with Gasteiger partial charge in [0.05, 0.1) is 11.6 Å². The molecule has 0 N–H and O–H groups in total. The quantitative estimate of drug-likeness (QED) is 0.805. The molecule has 0 radical (unpaired) electrons. The van der Waals surface area contributed by atoms with Crippen LogP contribution >= 0.6 is 0 Å². The Morgan fingerprint density at radius 3 is 2.70 bits per heavy atom. The minimum Gasteiger partial charge on any atom is -0.336 e. The number of pyridine rings is 1. The maximum Gasteiger partial charge on any atom is 0.222 e. The number of fused-ring (bicyclic) bond motifs is 1. The van der Waals surface area contributed by atoms with Crippen LogP contribution in [0.4, 0.5) is 4.39 Å². The van der Waals surface area contributed by atoms with Gasteiger partial charge in [0.15, 0.2) is 5.78 Å². The lowest BCUT2D eigenvalue weighted by molar-refractivity contribution is -0.130. The molecule has 0 aliphatic heterocycles. The van der Waals surface area contributed by atoms with Crippen molar-refractivity contribution in [3.05, 3.63) is 42.0 Å². The zero-order valence-electron chi connectivity index (χ0n) is 11.8. The number of hydrogen-bond donors (Lipinski definition) is 0. The van der Waals surface area contributed by atoms with Gasteiger partial charge in [0, 0.05) is 31.4 Å². The molecule has 2 rings (SSSR count). The molecule has 1 unspecified atom stereocenters. The monoisotopic (exact) mass is 276 g/mol. The van der Waals surface area contributed by atoms with Crippen LogP contribution < -0.4 is 0 Å². The Bertz CT molecular complexity index is 663. The van der Waals surface area contributed by atoms with Crippen molar-refractivity contribution in [3.8, 4) is 0 Å². The second kappa shape index (κ2) is 5.45. The zero-order chi connectivity index (χ0) is 14.9. The molecule has 0 bridgehead atoms. The highest BCUT2D eigenvalue weighted by Crippen LogP contribution is 2.19. The molecule has 2 aromatic rings. The van der Waals surface area contributed by atoms with Crippen LogP contribution in [0.5, 0.6) is 0 Å². The zero-order valence-corrected chi connectivity index (χ0v) is 11.8. The molecule has 0 spiro atoms. The maximum atomic E-state index is 13.9. The highest BCUT2D eigenvalue weighted by Gasteiger charge is 2.25. The highest BCUT2D eigenvalue weighted by molar-refractivity contribution is 6.06. The van der Waals surface area contributed by atoms with Gasteiger partial charge in [0.1, 0.15) is 5.82 Å². The minimum atomic E-state index is -0.617. The fourth-order valence-corrected chi connectivity index (χ4v) is 2.19. The number of Topliss-reactive ketones (excluding diaryl/α,β-unsaturated/α-hetero) is 1. The summed E-state index contributed by atoms with van der Waals surface area (Å²) in [5, 5.41) is 0. The maximum absolute atomic E-state index is 13.9. The van der Waals surface area contributed by atoms with E-state index in [4.69, 9.17) is 0 Å². The van der Waals surface area contributed by atoms with E-state index in [9.17, 15) is 14.0 Å². The molecule has 2 aromatic heterocycles. The number of likely N-dealkylation sites (N-methyl/N-ethyl adjacent to an activating group) is 1. The first kappa shape index (κ1) is 14.2. The molecule has 1 amide bonds. The SMILES string of the molecule is CCC(=O)N(C)C(C)C(=O)c1ccn2cccc(F)c12. The molecule has 0 aliphatic carbocycles. The average Bonchev–Trinajstić information content (AvgIpc) is 2.89. The van der Waals surface area contributed by atoms with Gasteiger partial charge in [0.2, 0.25) is 5.91 Å². The molecule has 2 heterocycles. The van der Waals surface area contributed by atoms with Crippen LogP contribution in [0.2, 0.25) is 0 Å². The Morgan fingerprint density at radius 1 is 1.35 bits per heavy atom. The number of hydrogen-bond acceptors (Lipinski definition) is 2. The lowest BCUT2D eigenvalue weighted by Gasteiger charge is -2.23. The predicted octanol–water partition coefficient (Wildman–Crippen LogP) is 2.52. The highest BCUT2D eigenvalue weighted by atomic mass is 19.1. The summed E-state index contributed by atoms with van der Waals surface area (Å²) in [5.74, 6) is -0.825. The van der Waals surface area contributed by atoms with E-state index in [-0.39, 0.29) is 17.2 Å². The molecule has 0 aromatic carbocycles. The molecule has 0 saturated heterocycles. The first-order chi connectivity index (χ1) is 9.47. The van der Waals surface area contributed by atoms with Crippen molar-refractivity contribution < 1.29 is 14.0 Å². The van der Waals surface area contributed by atoms with Crippen LogP contribution in [0.25, 0.3) is 5.52 Å². The normalized spacial score (nSPS) is 12.4. The van der Waals surface area contributed by atoms with Gasteiger partial charge in [-0.15, -0.1) is 0 Å². The molecule has 0 aliphatic rings. The Balaban J connectivity index is 2.39. The third kappa shape index (κ3) is 2.31. The summed E-state index contributed by atoms with van der Waals surface area (Å²) < 4.78 is 15.4. The molecular weight excluding hydrogens is 259 g/mol. The number of ketones is 1. The fourth-order valence-electron chi connectivity index (χ4n) is 2.19. The van der Waals surface area contributed by atoms with Crippen LogP contribution in [0, 0.1) is 5.82 Å². The third-order valence-electron chi connectivity index (χ3n) is 3.55. The van der Waals surface area contributed by atoms with Crippen molar-refractivity contribution in [2.24, 2.45) is 0 Å². The number of amides is 1. The molecular formula is C15H17FN2O2. The average molecular weight is 276 g/mol. The Labute approximate surface area is 116 Å². The summed E-state index contributed by atoms with van der Waals surface area (Å²) in [4.78, 5) is 25.5. The van der Waals surface area contributed by atoms with E-state index in [0.717, 1.165) is 0 Å². The van der Waals surface area contributed by atoms with Gasteiger partial charge >= 0.3 is 0 Å². The van der Waals surface area contributed by atoms with Gasteiger partial charge in [-0.1, -0.05) is 6.92 Å². The number of aromatic nitrogens is 1. The summed E-state index contributed by atoms with van der Waals surface area (Å²) in [6, 6.07) is 3.86. The summed E-state index contributed by atoms with van der Waals surface area (Å²) in [5.41, 5.74) is 0.549. The lowest BCUT2D eigenvalue weighted by Crippen LogP contribution is -2.40. The van der Waals surface area contributed by atoms with E-state index in [1.165, 1.54) is 11.0 Å². The van der Waals surface area contributed by atoms with E-state index in [1.54, 1.807) is 49.8 Å². The van der Waals surface area contributed by atoms with Crippen LogP contribution in [-0.4, -0.2) is 34.1 Å². The standard InChI is InChI=1S/C15H17FN2O2/c1-4-13(19)17(3)10(2)15(20)11-7-9-18-8-5-6-12(16)14(11)18/h5-10H,4H2,1-3H3. The van der Waals surface area contributed by atoms with Gasteiger partial charge < -0.3 is 9.30 Å². The number of nitrogens with zero attached hydrogens (tertiary/aromatic N) is 2. The molecule has 5 heteroatoms. The van der Waals surface area contributed by atoms with Gasteiger partial charge in [-0.3, -0.25) is 9.59 Å². The van der Waals surface area contributed by atoms with Crippen molar-refractivity contribution >= 4 is 17.2 Å². The Morgan fingerprint density at radius 2 is 2.05 bits per heavy atom. The first-order valence-corrected chi connectivity index (χ1v) is 6.52. The van der Waals surface area contributed by atoms with Crippen molar-refractivity contribution in [1.29, 1.82) is 0 Å². The number of carbonyl (C=O) groups excluding carboxylic acids is 2. The fraction of sp³-hybridized carbons (Fsp3) is 0.333. The van der Waals surface area contributed by atoms with Crippen molar-refractivity contribution in [2.45, 2.75) is 26.3 Å². The summed E-state index contributed by atoms with van der Waals surface area (Å²) in [6.45, 7) is 3.39. The van der Waals surface area contributed by atoms with E-state index in [1.807, 2.05) is 0 Å². The summed E-state index contributed by atoms with van der Waals surface area (Å²) in [7, 11) is 1.59. The van der Waals surface area contributed by atoms with Crippen LogP contribution in [-0.2, 0) is 4.79 Å². The van der Waals surface area contributed by atoms with E-state index < -0.39 is 11.9 Å². The van der Waals surface area contributed by atoms with Crippen LogP contribution in [0.1, 0.15) is 30.6 Å².